The highest BCUT2D eigenvalue weighted by Crippen LogP contribution is 2.27. The summed E-state index contributed by atoms with van der Waals surface area (Å²) in [5, 5.41) is 17.6. The molecular weight excluding hydrogens is 288 g/mol. The van der Waals surface area contributed by atoms with E-state index in [2.05, 4.69) is 37.1 Å². The van der Waals surface area contributed by atoms with Crippen molar-refractivity contribution in [3.8, 4) is 6.07 Å². The van der Waals surface area contributed by atoms with E-state index < -0.39 is 0 Å². The van der Waals surface area contributed by atoms with Crippen molar-refractivity contribution < 1.29 is 0 Å². The van der Waals surface area contributed by atoms with Gasteiger partial charge in [0.25, 0.3) is 0 Å². The molecule has 0 bridgehead atoms. The molecule has 0 radical (unpaired) electrons. The summed E-state index contributed by atoms with van der Waals surface area (Å²) in [6.45, 7) is 1.84. The lowest BCUT2D eigenvalue weighted by Crippen LogP contribution is -2.59. The monoisotopic (exact) mass is 306 g/mol. The molecule has 2 aromatic heterocycles. The Morgan fingerprint density at radius 3 is 2.87 bits per heavy atom. The van der Waals surface area contributed by atoms with Crippen molar-refractivity contribution in [2.24, 2.45) is 0 Å². The summed E-state index contributed by atoms with van der Waals surface area (Å²) < 4.78 is 0. The summed E-state index contributed by atoms with van der Waals surface area (Å²) in [7, 11) is 2.05. The van der Waals surface area contributed by atoms with Crippen LogP contribution in [0.1, 0.15) is 23.2 Å². The number of fused-ring (bicyclic) bond motifs is 1. The predicted molar refractivity (Wildman–Crippen MR) is 87.4 cm³/mol. The van der Waals surface area contributed by atoms with Gasteiger partial charge in [0.1, 0.15) is 11.9 Å². The molecule has 0 aromatic carbocycles. The molecule has 1 aliphatic carbocycles. The molecule has 2 aliphatic rings. The average Bonchev–Trinajstić information content (AvgIpc) is 3.01. The minimum atomic E-state index is 0.408. The standard InChI is InChI=1S/C17H18N6/c1-22(16-6-5-12(8-18)9-19-16)14-10-23(11-14)17-7-13-3-2-4-15(13)20-21-17/h5-7,9,14H,2-4,10-11H2,1H3. The minimum absolute atomic E-state index is 0.408. The van der Waals surface area contributed by atoms with E-state index in [0.717, 1.165) is 37.6 Å². The van der Waals surface area contributed by atoms with Gasteiger partial charge in [-0.25, -0.2) is 4.98 Å². The molecule has 0 saturated carbocycles. The van der Waals surface area contributed by atoms with Crippen molar-refractivity contribution in [2.75, 3.05) is 29.9 Å². The summed E-state index contributed by atoms with van der Waals surface area (Å²) in [5.74, 6) is 1.89. The maximum absolute atomic E-state index is 8.84. The van der Waals surface area contributed by atoms with Gasteiger partial charge in [-0.05, 0) is 43.0 Å². The molecule has 116 valence electrons. The fourth-order valence-electron chi connectivity index (χ4n) is 3.21. The Bertz CT molecular complexity index is 758. The van der Waals surface area contributed by atoms with Gasteiger partial charge >= 0.3 is 0 Å². The second-order valence-electron chi connectivity index (χ2n) is 6.21. The van der Waals surface area contributed by atoms with E-state index >= 15 is 0 Å². The number of rotatable bonds is 3. The molecule has 0 unspecified atom stereocenters. The van der Waals surface area contributed by atoms with Crippen LogP contribution in [0, 0.1) is 11.3 Å². The SMILES string of the molecule is CN(c1ccc(C#N)cn1)C1CN(c2cc3c(nn2)CCC3)C1. The molecular formula is C17H18N6. The van der Waals surface area contributed by atoms with Crippen LogP contribution < -0.4 is 9.80 Å². The van der Waals surface area contributed by atoms with E-state index in [-0.39, 0.29) is 0 Å². The second-order valence-corrected chi connectivity index (χ2v) is 6.21. The third kappa shape index (κ3) is 2.48. The lowest BCUT2D eigenvalue weighted by atomic mass is 10.1. The van der Waals surface area contributed by atoms with Crippen LogP contribution in [0.3, 0.4) is 0 Å². The third-order valence-corrected chi connectivity index (χ3v) is 4.78. The van der Waals surface area contributed by atoms with E-state index in [1.807, 2.05) is 13.1 Å². The number of aryl methyl sites for hydroxylation is 2. The van der Waals surface area contributed by atoms with Gasteiger partial charge in [-0.2, -0.15) is 10.4 Å². The van der Waals surface area contributed by atoms with Crippen LogP contribution >= 0.6 is 0 Å². The first-order valence-corrected chi connectivity index (χ1v) is 7.94. The molecule has 1 aliphatic heterocycles. The number of aromatic nitrogens is 3. The molecule has 0 atom stereocenters. The number of likely N-dealkylation sites (N-methyl/N-ethyl adjacent to an activating group) is 1. The molecule has 6 heteroatoms. The van der Waals surface area contributed by atoms with Crippen molar-refractivity contribution in [1.82, 2.24) is 15.2 Å². The molecule has 23 heavy (non-hydrogen) atoms. The van der Waals surface area contributed by atoms with E-state index in [9.17, 15) is 0 Å². The molecule has 0 amide bonds. The molecule has 1 saturated heterocycles. The van der Waals surface area contributed by atoms with Crippen LogP contribution in [0.5, 0.6) is 0 Å². The Kier molecular flexibility index (Phi) is 3.34. The fourth-order valence-corrected chi connectivity index (χ4v) is 3.21. The predicted octanol–water partition coefficient (Wildman–Crippen LogP) is 1.56. The Balaban J connectivity index is 1.41. The first-order valence-electron chi connectivity index (χ1n) is 7.94. The maximum atomic E-state index is 8.84. The number of hydrogen-bond donors (Lipinski definition) is 0. The highest BCUT2D eigenvalue weighted by Gasteiger charge is 2.32. The zero-order valence-electron chi connectivity index (χ0n) is 13.1. The first-order chi connectivity index (χ1) is 11.2. The quantitative estimate of drug-likeness (QED) is 0.857. The van der Waals surface area contributed by atoms with Gasteiger partial charge in [0.2, 0.25) is 0 Å². The average molecular weight is 306 g/mol. The first kappa shape index (κ1) is 13.9. The van der Waals surface area contributed by atoms with Crippen LogP contribution in [0.15, 0.2) is 24.4 Å². The normalized spacial score (nSPS) is 16.6. The molecule has 2 aromatic rings. The number of pyridine rings is 1. The molecule has 1 fully saturated rings. The fraction of sp³-hybridized carbons (Fsp3) is 0.412. The van der Waals surface area contributed by atoms with Gasteiger partial charge in [-0.3, -0.25) is 0 Å². The van der Waals surface area contributed by atoms with Crippen LogP contribution in [0.25, 0.3) is 0 Å². The number of nitrogens with zero attached hydrogens (tertiary/aromatic N) is 6. The van der Waals surface area contributed by atoms with Crippen molar-refractivity contribution in [2.45, 2.75) is 25.3 Å². The number of nitriles is 1. The maximum Gasteiger partial charge on any atom is 0.151 e. The molecule has 0 N–H and O–H groups in total. The van der Waals surface area contributed by atoms with E-state index in [4.69, 9.17) is 5.26 Å². The number of hydrogen-bond acceptors (Lipinski definition) is 6. The smallest absolute Gasteiger partial charge is 0.151 e. The lowest BCUT2D eigenvalue weighted by molar-refractivity contribution is 0.487. The van der Waals surface area contributed by atoms with E-state index in [1.165, 1.54) is 17.7 Å². The Labute approximate surface area is 135 Å². The Morgan fingerprint density at radius 2 is 2.13 bits per heavy atom. The van der Waals surface area contributed by atoms with Gasteiger partial charge in [-0.1, -0.05) is 0 Å². The Morgan fingerprint density at radius 1 is 1.26 bits per heavy atom. The minimum Gasteiger partial charge on any atom is -0.353 e. The van der Waals surface area contributed by atoms with Crippen molar-refractivity contribution in [3.05, 3.63) is 41.2 Å². The van der Waals surface area contributed by atoms with E-state index in [0.29, 0.717) is 11.6 Å². The second kappa shape index (κ2) is 5.51. The van der Waals surface area contributed by atoms with Crippen molar-refractivity contribution >= 4 is 11.6 Å². The van der Waals surface area contributed by atoms with Crippen molar-refractivity contribution in [3.63, 3.8) is 0 Å². The summed E-state index contributed by atoms with van der Waals surface area (Å²) in [6, 6.07) is 8.41. The lowest BCUT2D eigenvalue weighted by Gasteiger charge is -2.44. The third-order valence-electron chi connectivity index (χ3n) is 4.78. The van der Waals surface area contributed by atoms with Crippen LogP contribution in [0.2, 0.25) is 0 Å². The van der Waals surface area contributed by atoms with Gasteiger partial charge in [-0.15, -0.1) is 5.10 Å². The zero-order chi connectivity index (χ0) is 15.8. The summed E-state index contributed by atoms with van der Waals surface area (Å²) in [4.78, 5) is 8.78. The molecule has 6 nitrogen and oxygen atoms in total. The molecule has 4 rings (SSSR count). The van der Waals surface area contributed by atoms with E-state index in [1.54, 1.807) is 12.3 Å². The zero-order valence-corrected chi connectivity index (χ0v) is 13.1. The van der Waals surface area contributed by atoms with Gasteiger partial charge in [0, 0.05) is 26.3 Å². The number of anilines is 2. The van der Waals surface area contributed by atoms with Crippen LogP contribution in [-0.2, 0) is 12.8 Å². The van der Waals surface area contributed by atoms with Gasteiger partial charge in [0.15, 0.2) is 5.82 Å². The van der Waals surface area contributed by atoms with Gasteiger partial charge < -0.3 is 9.80 Å². The Hall–Kier alpha value is -2.68. The summed E-state index contributed by atoms with van der Waals surface area (Å²) in [6.07, 6.45) is 5.01. The summed E-state index contributed by atoms with van der Waals surface area (Å²) >= 11 is 0. The highest BCUT2D eigenvalue weighted by atomic mass is 15.4. The molecule has 3 heterocycles. The van der Waals surface area contributed by atoms with Crippen LogP contribution in [0.4, 0.5) is 11.6 Å². The van der Waals surface area contributed by atoms with Crippen molar-refractivity contribution in [1.29, 1.82) is 5.26 Å². The topological polar surface area (TPSA) is 68.9 Å². The van der Waals surface area contributed by atoms with Gasteiger partial charge in [0.05, 0.1) is 17.3 Å². The summed E-state index contributed by atoms with van der Waals surface area (Å²) in [5.41, 5.74) is 3.12. The largest absolute Gasteiger partial charge is 0.353 e. The highest BCUT2D eigenvalue weighted by molar-refractivity contribution is 5.50. The molecule has 0 spiro atoms. The van der Waals surface area contributed by atoms with Crippen LogP contribution in [-0.4, -0.2) is 41.4 Å².